The van der Waals surface area contributed by atoms with Gasteiger partial charge in [-0.15, -0.1) is 11.3 Å². The molecule has 0 spiro atoms. The summed E-state index contributed by atoms with van der Waals surface area (Å²) >= 11 is 4.83. The van der Waals surface area contributed by atoms with Crippen molar-refractivity contribution in [2.24, 2.45) is 0 Å². The number of phenolic OH excluding ortho intramolecular Hbond substituents is 1. The van der Waals surface area contributed by atoms with E-state index in [0.717, 1.165) is 21.8 Å². The molecule has 0 saturated heterocycles. The van der Waals surface area contributed by atoms with E-state index in [-0.39, 0.29) is 11.6 Å². The third-order valence-corrected chi connectivity index (χ3v) is 4.35. The van der Waals surface area contributed by atoms with Crippen molar-refractivity contribution in [3.05, 3.63) is 58.1 Å². The van der Waals surface area contributed by atoms with Crippen molar-refractivity contribution < 1.29 is 9.50 Å². The summed E-state index contributed by atoms with van der Waals surface area (Å²) in [5.41, 5.74) is 2.48. The minimum atomic E-state index is -0.288. The van der Waals surface area contributed by atoms with Gasteiger partial charge in [0.2, 0.25) is 0 Å². The number of phenols is 1. The van der Waals surface area contributed by atoms with Gasteiger partial charge in [-0.1, -0.05) is 12.1 Å². The van der Waals surface area contributed by atoms with Crippen molar-refractivity contribution in [2.75, 3.05) is 0 Å². The van der Waals surface area contributed by atoms with Crippen LogP contribution in [0.2, 0.25) is 0 Å². The Morgan fingerprint density at radius 1 is 1.15 bits per heavy atom. The Bertz CT molecular complexity index is 772. The molecule has 1 aromatic heterocycles. The van der Waals surface area contributed by atoms with Crippen LogP contribution < -0.4 is 0 Å². The molecule has 0 fully saturated rings. The maximum atomic E-state index is 13.1. The molecule has 2 aromatic carbocycles. The number of nitrogens with zero attached hydrogens (tertiary/aromatic N) is 1. The zero-order valence-corrected chi connectivity index (χ0v) is 12.6. The zero-order valence-electron chi connectivity index (χ0n) is 10.2. The molecule has 2 nitrogen and oxygen atoms in total. The van der Waals surface area contributed by atoms with E-state index in [1.165, 1.54) is 23.5 Å². The lowest BCUT2D eigenvalue weighted by molar-refractivity contribution is 0.475. The largest absolute Gasteiger partial charge is 0.508 e. The molecule has 3 aromatic rings. The molecule has 0 atom stereocenters. The van der Waals surface area contributed by atoms with Gasteiger partial charge in [0.25, 0.3) is 0 Å². The Morgan fingerprint density at radius 3 is 2.75 bits per heavy atom. The lowest BCUT2D eigenvalue weighted by Gasteiger charge is -2.01. The molecule has 0 aliphatic rings. The fourth-order valence-electron chi connectivity index (χ4n) is 1.87. The minimum absolute atomic E-state index is 0.210. The van der Waals surface area contributed by atoms with Crippen molar-refractivity contribution in [1.29, 1.82) is 0 Å². The van der Waals surface area contributed by atoms with Gasteiger partial charge in [0.1, 0.15) is 16.6 Å². The van der Waals surface area contributed by atoms with Crippen LogP contribution in [0.5, 0.6) is 5.75 Å². The summed E-state index contributed by atoms with van der Waals surface area (Å²) in [5.74, 6) is -0.0775. The number of aromatic nitrogens is 1. The van der Waals surface area contributed by atoms with Gasteiger partial charge >= 0.3 is 0 Å². The summed E-state index contributed by atoms with van der Waals surface area (Å²) in [4.78, 5) is 4.54. The maximum Gasteiger partial charge on any atom is 0.124 e. The Morgan fingerprint density at radius 2 is 2.00 bits per heavy atom. The van der Waals surface area contributed by atoms with Gasteiger partial charge in [0.05, 0.1) is 5.69 Å². The lowest BCUT2D eigenvalue weighted by atomic mass is 10.1. The van der Waals surface area contributed by atoms with Crippen LogP contribution in [0, 0.1) is 5.82 Å². The van der Waals surface area contributed by atoms with Crippen LogP contribution in [0.4, 0.5) is 4.39 Å². The number of rotatable bonds is 2. The smallest absolute Gasteiger partial charge is 0.124 e. The molecule has 0 bridgehead atoms. The molecule has 100 valence electrons. The molecule has 3 rings (SSSR count). The average Bonchev–Trinajstić information content (AvgIpc) is 2.88. The fraction of sp³-hybridized carbons (Fsp3) is 0. The predicted octanol–water partition coefficient (Wildman–Crippen LogP) is 5.08. The molecule has 0 unspecified atom stereocenters. The van der Waals surface area contributed by atoms with Crippen LogP contribution in [0.1, 0.15) is 0 Å². The lowest BCUT2D eigenvalue weighted by Crippen LogP contribution is -1.83. The highest BCUT2D eigenvalue weighted by Crippen LogP contribution is 2.33. The van der Waals surface area contributed by atoms with Gasteiger partial charge in [-0.25, -0.2) is 9.37 Å². The van der Waals surface area contributed by atoms with Crippen molar-refractivity contribution in [1.82, 2.24) is 4.98 Å². The SMILES string of the molecule is Oc1cccc(-c2nc(-c3ccc(F)cc3Br)cs2)c1. The minimum Gasteiger partial charge on any atom is -0.508 e. The summed E-state index contributed by atoms with van der Waals surface area (Å²) < 4.78 is 13.8. The molecule has 1 heterocycles. The summed E-state index contributed by atoms with van der Waals surface area (Å²) in [6.45, 7) is 0. The number of aromatic hydroxyl groups is 1. The highest BCUT2D eigenvalue weighted by molar-refractivity contribution is 9.10. The summed E-state index contributed by atoms with van der Waals surface area (Å²) in [5, 5.41) is 12.2. The first-order chi connectivity index (χ1) is 9.63. The van der Waals surface area contributed by atoms with E-state index in [9.17, 15) is 9.50 Å². The van der Waals surface area contributed by atoms with Gasteiger partial charge in [-0.05, 0) is 46.3 Å². The summed E-state index contributed by atoms with van der Waals surface area (Å²) in [6, 6.07) is 11.5. The third kappa shape index (κ3) is 2.59. The standard InChI is InChI=1S/C15H9BrFNOS/c16-13-7-10(17)4-5-12(13)14-8-20-15(18-14)9-2-1-3-11(19)6-9/h1-8,19H. The van der Waals surface area contributed by atoms with Gasteiger partial charge in [-0.2, -0.15) is 0 Å². The first-order valence-electron chi connectivity index (χ1n) is 5.84. The third-order valence-electron chi connectivity index (χ3n) is 2.80. The summed E-state index contributed by atoms with van der Waals surface area (Å²) in [7, 11) is 0. The molecule has 5 heteroatoms. The maximum absolute atomic E-state index is 13.1. The molecule has 0 aliphatic carbocycles. The number of benzene rings is 2. The molecule has 1 N–H and O–H groups in total. The van der Waals surface area contributed by atoms with Crippen LogP contribution in [-0.2, 0) is 0 Å². The van der Waals surface area contributed by atoms with Crippen molar-refractivity contribution in [2.45, 2.75) is 0 Å². The van der Waals surface area contributed by atoms with Gasteiger partial charge in [-0.3, -0.25) is 0 Å². The van der Waals surface area contributed by atoms with E-state index in [1.807, 2.05) is 11.4 Å². The predicted molar refractivity (Wildman–Crippen MR) is 82.3 cm³/mol. The number of hydrogen-bond donors (Lipinski definition) is 1. The molecular formula is C15H9BrFNOS. The van der Waals surface area contributed by atoms with Crippen LogP contribution in [0.3, 0.4) is 0 Å². The second-order valence-corrected chi connectivity index (χ2v) is 5.92. The molecule has 0 amide bonds. The van der Waals surface area contributed by atoms with E-state index in [4.69, 9.17) is 0 Å². The van der Waals surface area contributed by atoms with E-state index in [2.05, 4.69) is 20.9 Å². The molecule has 0 aliphatic heterocycles. The molecule has 0 saturated carbocycles. The van der Waals surface area contributed by atoms with E-state index in [1.54, 1.807) is 24.3 Å². The Balaban J connectivity index is 2.02. The normalized spacial score (nSPS) is 10.7. The highest BCUT2D eigenvalue weighted by Gasteiger charge is 2.10. The van der Waals surface area contributed by atoms with Crippen molar-refractivity contribution >= 4 is 27.3 Å². The Kier molecular flexibility index (Phi) is 3.54. The van der Waals surface area contributed by atoms with Gasteiger partial charge in [0, 0.05) is 21.0 Å². The van der Waals surface area contributed by atoms with E-state index >= 15 is 0 Å². The Hall–Kier alpha value is -1.72. The highest BCUT2D eigenvalue weighted by atomic mass is 79.9. The van der Waals surface area contributed by atoms with Crippen LogP contribution in [-0.4, -0.2) is 10.1 Å². The quantitative estimate of drug-likeness (QED) is 0.699. The topological polar surface area (TPSA) is 33.1 Å². The summed E-state index contributed by atoms with van der Waals surface area (Å²) in [6.07, 6.45) is 0. The first kappa shape index (κ1) is 13.3. The Labute approximate surface area is 127 Å². The number of halogens is 2. The van der Waals surface area contributed by atoms with Crippen molar-refractivity contribution in [3.8, 4) is 27.6 Å². The number of hydrogen-bond acceptors (Lipinski definition) is 3. The molecule has 20 heavy (non-hydrogen) atoms. The second-order valence-electron chi connectivity index (χ2n) is 4.21. The first-order valence-corrected chi connectivity index (χ1v) is 7.51. The van der Waals surface area contributed by atoms with E-state index < -0.39 is 0 Å². The van der Waals surface area contributed by atoms with Gasteiger partial charge < -0.3 is 5.11 Å². The zero-order chi connectivity index (χ0) is 14.1. The van der Waals surface area contributed by atoms with Crippen LogP contribution >= 0.6 is 27.3 Å². The molecule has 0 radical (unpaired) electrons. The molecular weight excluding hydrogens is 341 g/mol. The van der Waals surface area contributed by atoms with Gasteiger partial charge in [0.15, 0.2) is 0 Å². The fourth-order valence-corrected chi connectivity index (χ4v) is 3.24. The average molecular weight is 350 g/mol. The second kappa shape index (κ2) is 5.34. The monoisotopic (exact) mass is 349 g/mol. The van der Waals surface area contributed by atoms with E-state index in [0.29, 0.717) is 4.47 Å². The van der Waals surface area contributed by atoms with Crippen LogP contribution in [0.15, 0.2) is 52.3 Å². The number of thiazole rings is 1. The van der Waals surface area contributed by atoms with Crippen LogP contribution in [0.25, 0.3) is 21.8 Å². The van der Waals surface area contributed by atoms with Crippen molar-refractivity contribution in [3.63, 3.8) is 0 Å².